The number of hydrogen-bond donors (Lipinski definition) is 1. The van der Waals surface area contributed by atoms with Crippen molar-refractivity contribution in [1.82, 2.24) is 4.90 Å². The summed E-state index contributed by atoms with van der Waals surface area (Å²) in [5, 5.41) is 9.53. The van der Waals surface area contributed by atoms with Crippen LogP contribution in [0.1, 0.15) is 31.9 Å². The van der Waals surface area contributed by atoms with E-state index in [9.17, 15) is 0 Å². The second-order valence-electron chi connectivity index (χ2n) is 5.07. The summed E-state index contributed by atoms with van der Waals surface area (Å²) in [6, 6.07) is 10.1. The predicted octanol–water partition coefficient (Wildman–Crippen LogP) is 3.21. The smallest absolute Gasteiger partial charge is 0.0635 e. The zero-order chi connectivity index (χ0) is 14.3. The fourth-order valence-electron chi connectivity index (χ4n) is 2.26. The summed E-state index contributed by atoms with van der Waals surface area (Å²) >= 11 is 6.27. The number of hydrogen-bond acceptors (Lipinski definition) is 3. The van der Waals surface area contributed by atoms with Crippen LogP contribution in [-0.4, -0.2) is 24.5 Å². The van der Waals surface area contributed by atoms with E-state index in [0.717, 1.165) is 23.7 Å². The first-order valence-electron chi connectivity index (χ1n) is 6.65. The fourth-order valence-corrected chi connectivity index (χ4v) is 2.52. The van der Waals surface area contributed by atoms with Crippen molar-refractivity contribution in [3.63, 3.8) is 0 Å². The topological polar surface area (TPSA) is 53.0 Å². The third-order valence-corrected chi connectivity index (χ3v) is 3.38. The van der Waals surface area contributed by atoms with Crippen LogP contribution in [0.3, 0.4) is 0 Å². The second-order valence-corrected chi connectivity index (χ2v) is 5.48. The largest absolute Gasteiger partial charge is 0.329 e. The maximum Gasteiger partial charge on any atom is 0.0635 e. The molecule has 0 aromatic heterocycles. The molecule has 0 heterocycles. The van der Waals surface area contributed by atoms with Crippen molar-refractivity contribution < 1.29 is 0 Å². The van der Waals surface area contributed by atoms with Crippen LogP contribution in [-0.2, 0) is 0 Å². The molecule has 0 aliphatic carbocycles. The van der Waals surface area contributed by atoms with Gasteiger partial charge in [0.25, 0.3) is 0 Å². The van der Waals surface area contributed by atoms with Gasteiger partial charge in [0.05, 0.1) is 6.07 Å². The fraction of sp³-hybridized carbons (Fsp3) is 0.533. The number of halogens is 1. The molecule has 19 heavy (non-hydrogen) atoms. The molecule has 3 nitrogen and oxygen atoms in total. The van der Waals surface area contributed by atoms with Gasteiger partial charge in [0, 0.05) is 37.1 Å². The molecular formula is C15H22ClN3. The van der Waals surface area contributed by atoms with Gasteiger partial charge >= 0.3 is 0 Å². The van der Waals surface area contributed by atoms with Crippen LogP contribution in [0, 0.1) is 17.2 Å². The minimum Gasteiger partial charge on any atom is -0.329 e. The molecule has 0 fully saturated rings. The summed E-state index contributed by atoms with van der Waals surface area (Å²) in [4.78, 5) is 2.26. The number of nitriles is 1. The first-order chi connectivity index (χ1) is 9.10. The lowest BCUT2D eigenvalue weighted by Crippen LogP contribution is -2.37. The van der Waals surface area contributed by atoms with Gasteiger partial charge < -0.3 is 5.73 Å². The molecule has 0 spiro atoms. The molecule has 1 unspecified atom stereocenters. The lowest BCUT2D eigenvalue weighted by atomic mass is 10.0. The van der Waals surface area contributed by atoms with E-state index < -0.39 is 0 Å². The Balaban J connectivity index is 2.95. The normalized spacial score (nSPS) is 12.7. The molecule has 0 radical (unpaired) electrons. The summed E-state index contributed by atoms with van der Waals surface area (Å²) in [6.07, 6.45) is 0.508. The highest BCUT2D eigenvalue weighted by atomic mass is 35.5. The van der Waals surface area contributed by atoms with Crippen LogP contribution in [0.2, 0.25) is 5.02 Å². The molecule has 2 N–H and O–H groups in total. The molecule has 1 rings (SSSR count). The van der Waals surface area contributed by atoms with Gasteiger partial charge in [-0.3, -0.25) is 4.90 Å². The number of nitrogens with zero attached hydrogens (tertiary/aromatic N) is 2. The van der Waals surface area contributed by atoms with E-state index in [-0.39, 0.29) is 6.04 Å². The Hall–Kier alpha value is -1.08. The average Bonchev–Trinajstić information content (AvgIpc) is 2.38. The maximum absolute atomic E-state index is 8.79. The van der Waals surface area contributed by atoms with Crippen molar-refractivity contribution in [1.29, 1.82) is 5.26 Å². The van der Waals surface area contributed by atoms with Crippen LogP contribution < -0.4 is 5.73 Å². The Labute approximate surface area is 121 Å². The molecule has 0 aliphatic heterocycles. The maximum atomic E-state index is 8.79. The van der Waals surface area contributed by atoms with Crippen LogP contribution in [0.25, 0.3) is 0 Å². The van der Waals surface area contributed by atoms with Crippen LogP contribution in [0.5, 0.6) is 0 Å². The minimum absolute atomic E-state index is 0.0736. The van der Waals surface area contributed by atoms with Crippen molar-refractivity contribution in [2.24, 2.45) is 11.7 Å². The van der Waals surface area contributed by atoms with Crippen LogP contribution in [0.4, 0.5) is 0 Å². The summed E-state index contributed by atoms with van der Waals surface area (Å²) in [5.74, 6) is 0.523. The van der Waals surface area contributed by atoms with E-state index >= 15 is 0 Å². The van der Waals surface area contributed by atoms with E-state index in [4.69, 9.17) is 22.6 Å². The quantitative estimate of drug-likeness (QED) is 0.834. The van der Waals surface area contributed by atoms with Gasteiger partial charge in [0.2, 0.25) is 0 Å². The summed E-state index contributed by atoms with van der Waals surface area (Å²) in [7, 11) is 0. The van der Waals surface area contributed by atoms with E-state index in [2.05, 4.69) is 24.8 Å². The first kappa shape index (κ1) is 16.0. The Morgan fingerprint density at radius 2 is 2.05 bits per heavy atom. The van der Waals surface area contributed by atoms with Gasteiger partial charge in [-0.2, -0.15) is 5.26 Å². The summed E-state index contributed by atoms with van der Waals surface area (Å²) in [5.41, 5.74) is 6.99. The molecule has 104 valence electrons. The van der Waals surface area contributed by atoms with E-state index in [1.807, 2.05) is 24.3 Å². The number of nitrogens with two attached hydrogens (primary N) is 1. The van der Waals surface area contributed by atoms with E-state index in [1.165, 1.54) is 0 Å². The highest BCUT2D eigenvalue weighted by Gasteiger charge is 2.21. The standard InChI is InChI=1S/C15H22ClN3/c1-12(2)11-19(9-5-8-17)15(10-18)13-6-3-4-7-14(13)16/h3-4,6-7,12,15H,5,9-11,18H2,1-2H3. The lowest BCUT2D eigenvalue weighted by molar-refractivity contribution is 0.183. The average molecular weight is 280 g/mol. The molecule has 1 atom stereocenters. The van der Waals surface area contributed by atoms with Crippen LogP contribution in [0.15, 0.2) is 24.3 Å². The van der Waals surface area contributed by atoms with Crippen LogP contribution >= 0.6 is 11.6 Å². The first-order valence-corrected chi connectivity index (χ1v) is 7.03. The predicted molar refractivity (Wildman–Crippen MR) is 79.9 cm³/mol. The molecular weight excluding hydrogens is 258 g/mol. The molecule has 0 saturated heterocycles. The highest BCUT2D eigenvalue weighted by molar-refractivity contribution is 6.31. The number of benzene rings is 1. The second kappa shape index (κ2) is 8.16. The van der Waals surface area contributed by atoms with E-state index in [1.54, 1.807) is 0 Å². The van der Waals surface area contributed by atoms with Gasteiger partial charge in [-0.05, 0) is 17.5 Å². The van der Waals surface area contributed by atoms with Crippen molar-refractivity contribution in [3.05, 3.63) is 34.9 Å². The van der Waals surface area contributed by atoms with Crippen molar-refractivity contribution in [3.8, 4) is 6.07 Å². The molecule has 4 heteroatoms. The zero-order valence-electron chi connectivity index (χ0n) is 11.6. The molecule has 1 aromatic rings. The monoisotopic (exact) mass is 279 g/mol. The van der Waals surface area contributed by atoms with Gasteiger partial charge in [-0.1, -0.05) is 43.6 Å². The van der Waals surface area contributed by atoms with E-state index in [0.29, 0.717) is 18.9 Å². The van der Waals surface area contributed by atoms with Gasteiger partial charge in [-0.15, -0.1) is 0 Å². The Morgan fingerprint density at radius 3 is 2.58 bits per heavy atom. The van der Waals surface area contributed by atoms with Crippen molar-refractivity contribution in [2.75, 3.05) is 19.6 Å². The van der Waals surface area contributed by atoms with Gasteiger partial charge in [-0.25, -0.2) is 0 Å². The minimum atomic E-state index is 0.0736. The summed E-state index contributed by atoms with van der Waals surface area (Å²) in [6.45, 7) is 6.47. The third kappa shape index (κ3) is 4.83. The molecule has 0 bridgehead atoms. The van der Waals surface area contributed by atoms with Crippen molar-refractivity contribution >= 4 is 11.6 Å². The number of rotatable bonds is 7. The molecule has 0 aliphatic rings. The Morgan fingerprint density at radius 1 is 1.37 bits per heavy atom. The lowest BCUT2D eigenvalue weighted by Gasteiger charge is -2.32. The Bertz CT molecular complexity index is 426. The Kier molecular flexibility index (Phi) is 6.86. The van der Waals surface area contributed by atoms with Gasteiger partial charge in [0.15, 0.2) is 0 Å². The van der Waals surface area contributed by atoms with Gasteiger partial charge in [0.1, 0.15) is 0 Å². The molecule has 1 aromatic carbocycles. The zero-order valence-corrected chi connectivity index (χ0v) is 12.4. The third-order valence-electron chi connectivity index (χ3n) is 3.04. The molecule has 0 saturated carbocycles. The molecule has 0 amide bonds. The SMILES string of the molecule is CC(C)CN(CCC#N)C(CN)c1ccccc1Cl. The highest BCUT2D eigenvalue weighted by Crippen LogP contribution is 2.27. The van der Waals surface area contributed by atoms with Crippen molar-refractivity contribution in [2.45, 2.75) is 26.3 Å². The summed E-state index contributed by atoms with van der Waals surface area (Å²) < 4.78 is 0.